The number of nitrogens with zero attached hydrogens (tertiary/aromatic N) is 3. The Morgan fingerprint density at radius 1 is 0.949 bits per heavy atom. The van der Waals surface area contributed by atoms with Gasteiger partial charge in [-0.25, -0.2) is 9.37 Å². The minimum Gasteiger partial charge on any atom is -0.497 e. The number of ether oxygens (including phenoxy) is 3. The molecular formula is C29H29FN4O5. The van der Waals surface area contributed by atoms with Crippen molar-refractivity contribution in [3.05, 3.63) is 90.4 Å². The SMILES string of the molecule is COCCN(CC(=O)Nc1nc(-c2cccc(OC)c2)cn1-c1ccc(OC)cc1)C(=O)c1ccc(F)cc1. The van der Waals surface area contributed by atoms with E-state index in [-0.39, 0.29) is 31.2 Å². The van der Waals surface area contributed by atoms with Crippen LogP contribution in [0.2, 0.25) is 0 Å². The van der Waals surface area contributed by atoms with Crippen molar-refractivity contribution in [2.45, 2.75) is 0 Å². The van der Waals surface area contributed by atoms with Gasteiger partial charge in [0, 0.05) is 36.7 Å². The van der Waals surface area contributed by atoms with Crippen molar-refractivity contribution in [2.75, 3.05) is 46.3 Å². The standard InChI is InChI=1S/C29H29FN4O5/c1-37-16-15-33(28(36)20-7-9-22(30)10-8-20)19-27(35)32-29-31-26(21-5-4-6-25(17-21)39-3)18-34(29)23-11-13-24(38-2)14-12-23/h4-14,17-18H,15-16,19H2,1-3H3,(H,31,32,35). The summed E-state index contributed by atoms with van der Waals surface area (Å²) in [5, 5.41) is 2.83. The van der Waals surface area contributed by atoms with Crippen LogP contribution in [0.1, 0.15) is 10.4 Å². The first-order chi connectivity index (χ1) is 18.9. The van der Waals surface area contributed by atoms with Crippen LogP contribution in [0, 0.1) is 5.82 Å². The minimum atomic E-state index is -0.459. The van der Waals surface area contributed by atoms with Gasteiger partial charge in [-0.15, -0.1) is 0 Å². The van der Waals surface area contributed by atoms with Crippen molar-refractivity contribution in [1.82, 2.24) is 14.5 Å². The normalized spacial score (nSPS) is 10.7. The van der Waals surface area contributed by atoms with Crippen LogP contribution in [0.3, 0.4) is 0 Å². The topological polar surface area (TPSA) is 94.9 Å². The van der Waals surface area contributed by atoms with Gasteiger partial charge in [0.1, 0.15) is 23.9 Å². The Labute approximate surface area is 225 Å². The second kappa shape index (κ2) is 12.7. The quantitative estimate of drug-likeness (QED) is 0.307. The number of methoxy groups -OCH3 is 3. The van der Waals surface area contributed by atoms with Crippen LogP contribution in [0.5, 0.6) is 11.5 Å². The van der Waals surface area contributed by atoms with Crippen LogP contribution in [-0.2, 0) is 9.53 Å². The van der Waals surface area contributed by atoms with Gasteiger partial charge < -0.3 is 19.1 Å². The summed E-state index contributed by atoms with van der Waals surface area (Å²) in [6, 6.07) is 19.9. The average Bonchev–Trinajstić information content (AvgIpc) is 3.38. The van der Waals surface area contributed by atoms with Gasteiger partial charge in [0.15, 0.2) is 0 Å². The number of rotatable bonds is 11. The molecule has 0 bridgehead atoms. The van der Waals surface area contributed by atoms with E-state index < -0.39 is 17.6 Å². The van der Waals surface area contributed by atoms with Crippen molar-refractivity contribution in [2.24, 2.45) is 0 Å². The minimum absolute atomic E-state index is 0.169. The van der Waals surface area contributed by atoms with Gasteiger partial charge in [-0.05, 0) is 60.7 Å². The Hall–Kier alpha value is -4.70. The number of carbonyl (C=O) groups is 2. The lowest BCUT2D eigenvalue weighted by Crippen LogP contribution is -2.40. The smallest absolute Gasteiger partial charge is 0.254 e. The Morgan fingerprint density at radius 3 is 2.33 bits per heavy atom. The summed E-state index contributed by atoms with van der Waals surface area (Å²) in [7, 11) is 4.68. The van der Waals surface area contributed by atoms with Crippen molar-refractivity contribution >= 4 is 17.8 Å². The number of anilines is 1. The molecule has 1 heterocycles. The summed E-state index contributed by atoms with van der Waals surface area (Å²) in [6.07, 6.45) is 1.80. The second-order valence-electron chi connectivity index (χ2n) is 8.52. The monoisotopic (exact) mass is 532 g/mol. The third kappa shape index (κ3) is 6.79. The van der Waals surface area contributed by atoms with E-state index in [0.29, 0.717) is 17.2 Å². The molecule has 9 nitrogen and oxygen atoms in total. The molecule has 39 heavy (non-hydrogen) atoms. The highest BCUT2D eigenvalue weighted by Gasteiger charge is 2.21. The summed E-state index contributed by atoms with van der Waals surface area (Å²) >= 11 is 0. The van der Waals surface area contributed by atoms with Gasteiger partial charge in [-0.1, -0.05) is 12.1 Å². The third-order valence-corrected chi connectivity index (χ3v) is 5.95. The molecule has 1 aromatic heterocycles. The van der Waals surface area contributed by atoms with Crippen LogP contribution < -0.4 is 14.8 Å². The Balaban J connectivity index is 1.62. The molecule has 0 saturated heterocycles. The number of carbonyl (C=O) groups excluding carboxylic acids is 2. The summed E-state index contributed by atoms with van der Waals surface area (Å²) in [6.45, 7) is 0.131. The second-order valence-corrected chi connectivity index (χ2v) is 8.52. The van der Waals surface area contributed by atoms with E-state index in [1.807, 2.05) is 36.4 Å². The van der Waals surface area contributed by atoms with Crippen molar-refractivity contribution in [3.8, 4) is 28.4 Å². The maximum Gasteiger partial charge on any atom is 0.254 e. The highest BCUT2D eigenvalue weighted by Crippen LogP contribution is 2.27. The molecule has 0 atom stereocenters. The van der Waals surface area contributed by atoms with E-state index in [2.05, 4.69) is 10.3 Å². The van der Waals surface area contributed by atoms with Crippen molar-refractivity contribution in [3.63, 3.8) is 0 Å². The van der Waals surface area contributed by atoms with Gasteiger partial charge in [-0.2, -0.15) is 0 Å². The predicted octanol–water partition coefficient (Wildman–Crippen LogP) is 4.42. The summed E-state index contributed by atoms with van der Waals surface area (Å²) in [5.74, 6) is 0.293. The number of hydrogen-bond acceptors (Lipinski definition) is 6. The van der Waals surface area contributed by atoms with Crippen LogP contribution in [0.4, 0.5) is 10.3 Å². The van der Waals surface area contributed by atoms with E-state index in [1.165, 1.54) is 36.3 Å². The van der Waals surface area contributed by atoms with E-state index in [4.69, 9.17) is 14.2 Å². The fraction of sp³-hybridized carbons (Fsp3) is 0.207. The zero-order valence-corrected chi connectivity index (χ0v) is 21.9. The van der Waals surface area contributed by atoms with Crippen molar-refractivity contribution < 1.29 is 28.2 Å². The molecule has 0 aliphatic carbocycles. The van der Waals surface area contributed by atoms with Gasteiger partial charge in [-0.3, -0.25) is 19.5 Å². The molecule has 0 spiro atoms. The zero-order valence-electron chi connectivity index (χ0n) is 21.9. The molecule has 0 radical (unpaired) electrons. The lowest BCUT2D eigenvalue weighted by atomic mass is 10.1. The number of benzene rings is 3. The highest BCUT2D eigenvalue weighted by molar-refractivity contribution is 5.99. The van der Waals surface area contributed by atoms with Crippen LogP contribution in [0.25, 0.3) is 16.9 Å². The first-order valence-corrected chi connectivity index (χ1v) is 12.1. The van der Waals surface area contributed by atoms with E-state index >= 15 is 0 Å². The van der Waals surface area contributed by atoms with Gasteiger partial charge in [0.05, 0.1) is 26.5 Å². The first kappa shape index (κ1) is 27.3. The number of aromatic nitrogens is 2. The molecular weight excluding hydrogens is 503 g/mol. The molecule has 0 unspecified atom stereocenters. The predicted molar refractivity (Wildman–Crippen MR) is 145 cm³/mol. The number of hydrogen-bond donors (Lipinski definition) is 1. The zero-order chi connectivity index (χ0) is 27.8. The fourth-order valence-electron chi connectivity index (χ4n) is 3.90. The lowest BCUT2D eigenvalue weighted by molar-refractivity contribution is -0.117. The Kier molecular flexibility index (Phi) is 8.90. The van der Waals surface area contributed by atoms with Crippen molar-refractivity contribution in [1.29, 1.82) is 0 Å². The van der Waals surface area contributed by atoms with E-state index in [9.17, 15) is 14.0 Å². The molecule has 2 amide bonds. The van der Waals surface area contributed by atoms with Crippen LogP contribution in [0.15, 0.2) is 79.0 Å². The number of halogens is 1. The van der Waals surface area contributed by atoms with E-state index in [1.54, 1.807) is 37.1 Å². The molecule has 0 fully saturated rings. The molecule has 4 aromatic rings. The number of imidazole rings is 1. The van der Waals surface area contributed by atoms with E-state index in [0.717, 1.165) is 11.3 Å². The van der Waals surface area contributed by atoms with Gasteiger partial charge >= 0.3 is 0 Å². The number of amides is 2. The summed E-state index contributed by atoms with van der Waals surface area (Å²) < 4.78 is 30.8. The molecule has 1 N–H and O–H groups in total. The van der Waals surface area contributed by atoms with Gasteiger partial charge in [0.25, 0.3) is 5.91 Å². The molecule has 0 aliphatic heterocycles. The molecule has 202 valence electrons. The summed E-state index contributed by atoms with van der Waals surface area (Å²) in [4.78, 5) is 32.3. The molecule has 3 aromatic carbocycles. The van der Waals surface area contributed by atoms with Gasteiger partial charge in [0.2, 0.25) is 11.9 Å². The maximum absolute atomic E-state index is 13.4. The third-order valence-electron chi connectivity index (χ3n) is 5.95. The average molecular weight is 533 g/mol. The summed E-state index contributed by atoms with van der Waals surface area (Å²) in [5.41, 5.74) is 2.41. The molecule has 0 aliphatic rings. The van der Waals surface area contributed by atoms with Crippen LogP contribution in [-0.4, -0.2) is 67.3 Å². The number of nitrogens with one attached hydrogen (secondary N) is 1. The Bertz CT molecular complexity index is 1420. The maximum atomic E-state index is 13.4. The fourth-order valence-corrected chi connectivity index (χ4v) is 3.90. The molecule has 10 heteroatoms. The molecule has 4 rings (SSSR count). The lowest BCUT2D eigenvalue weighted by Gasteiger charge is -2.22. The molecule has 0 saturated carbocycles. The Morgan fingerprint density at radius 2 is 1.67 bits per heavy atom. The largest absolute Gasteiger partial charge is 0.497 e. The first-order valence-electron chi connectivity index (χ1n) is 12.1. The van der Waals surface area contributed by atoms with Crippen LogP contribution >= 0.6 is 0 Å². The highest BCUT2D eigenvalue weighted by atomic mass is 19.1.